The second-order valence-electron chi connectivity index (χ2n) is 6.21. The zero-order chi connectivity index (χ0) is 19.2. The monoisotopic (exact) mass is 354 g/mol. The fourth-order valence-corrected chi connectivity index (χ4v) is 2.72. The maximum Gasteiger partial charge on any atom is 0.255 e. The Morgan fingerprint density at radius 3 is 2.26 bits per heavy atom. The average molecular weight is 354 g/mol. The molecule has 3 aromatic carbocycles. The number of ketones is 1. The van der Waals surface area contributed by atoms with Gasteiger partial charge in [-0.25, -0.2) is 0 Å². The van der Waals surface area contributed by atoms with Crippen molar-refractivity contribution in [2.75, 3.05) is 5.32 Å². The fourth-order valence-electron chi connectivity index (χ4n) is 2.72. The molecule has 0 saturated heterocycles. The first-order chi connectivity index (χ1) is 13.1. The molecule has 27 heavy (non-hydrogen) atoms. The number of nitrogens with one attached hydrogen (secondary N) is 1. The van der Waals surface area contributed by atoms with Gasteiger partial charge in [0, 0.05) is 22.4 Å². The molecule has 0 aliphatic carbocycles. The van der Waals surface area contributed by atoms with E-state index in [0.29, 0.717) is 22.4 Å². The SMILES string of the molecule is CC(C#N)c1cccc(C(=O)Nc2cccc(C(=O)c3ccccc3)c2)c1. The molecule has 1 atom stereocenters. The number of carbonyl (C=O) groups is 2. The van der Waals surface area contributed by atoms with Crippen LogP contribution in [0.1, 0.15) is 44.7 Å². The third-order valence-corrected chi connectivity index (χ3v) is 4.26. The van der Waals surface area contributed by atoms with Gasteiger partial charge in [0.05, 0.1) is 12.0 Å². The molecule has 3 aromatic rings. The van der Waals surface area contributed by atoms with Gasteiger partial charge in [-0.3, -0.25) is 9.59 Å². The van der Waals surface area contributed by atoms with E-state index >= 15 is 0 Å². The number of nitriles is 1. The molecule has 132 valence electrons. The minimum atomic E-state index is -0.287. The highest BCUT2D eigenvalue weighted by Crippen LogP contribution is 2.18. The van der Waals surface area contributed by atoms with Crippen molar-refractivity contribution in [2.45, 2.75) is 12.8 Å². The van der Waals surface area contributed by atoms with E-state index in [2.05, 4.69) is 11.4 Å². The van der Waals surface area contributed by atoms with Crippen molar-refractivity contribution in [1.82, 2.24) is 0 Å². The molecule has 4 nitrogen and oxygen atoms in total. The van der Waals surface area contributed by atoms with Crippen LogP contribution in [0.4, 0.5) is 5.69 Å². The van der Waals surface area contributed by atoms with Crippen molar-refractivity contribution in [3.8, 4) is 6.07 Å². The molecule has 0 heterocycles. The van der Waals surface area contributed by atoms with Crippen LogP contribution in [0.15, 0.2) is 78.9 Å². The van der Waals surface area contributed by atoms with Crippen LogP contribution in [-0.2, 0) is 0 Å². The highest BCUT2D eigenvalue weighted by Gasteiger charge is 2.12. The summed E-state index contributed by atoms with van der Waals surface area (Å²) in [5.41, 5.74) is 2.90. The molecule has 0 aliphatic rings. The van der Waals surface area contributed by atoms with Crippen molar-refractivity contribution in [3.05, 3.63) is 101 Å². The summed E-state index contributed by atoms with van der Waals surface area (Å²) in [5, 5.41) is 11.9. The first-order valence-electron chi connectivity index (χ1n) is 8.59. The molecule has 1 unspecified atom stereocenters. The molecule has 1 N–H and O–H groups in total. The van der Waals surface area contributed by atoms with E-state index in [4.69, 9.17) is 5.26 Å². The van der Waals surface area contributed by atoms with Crippen molar-refractivity contribution in [2.24, 2.45) is 0 Å². The van der Waals surface area contributed by atoms with Crippen molar-refractivity contribution in [3.63, 3.8) is 0 Å². The highest BCUT2D eigenvalue weighted by atomic mass is 16.1. The van der Waals surface area contributed by atoms with Crippen LogP contribution in [0.5, 0.6) is 0 Å². The molecule has 4 heteroatoms. The third kappa shape index (κ3) is 4.28. The maximum absolute atomic E-state index is 12.6. The van der Waals surface area contributed by atoms with Crippen LogP contribution in [0, 0.1) is 11.3 Å². The molecular formula is C23H18N2O2. The van der Waals surface area contributed by atoms with Crippen molar-refractivity contribution < 1.29 is 9.59 Å². The van der Waals surface area contributed by atoms with Gasteiger partial charge in [-0.05, 0) is 36.8 Å². The molecule has 0 aliphatic heterocycles. The third-order valence-electron chi connectivity index (χ3n) is 4.26. The molecule has 1 amide bonds. The Bertz CT molecular complexity index is 1020. The molecular weight excluding hydrogens is 336 g/mol. The lowest BCUT2D eigenvalue weighted by Gasteiger charge is -2.09. The summed E-state index contributed by atoms with van der Waals surface area (Å²) in [4.78, 5) is 25.1. The lowest BCUT2D eigenvalue weighted by Crippen LogP contribution is -2.13. The lowest BCUT2D eigenvalue weighted by atomic mass is 10.00. The topological polar surface area (TPSA) is 70.0 Å². The summed E-state index contributed by atoms with van der Waals surface area (Å²) in [6.07, 6.45) is 0. The van der Waals surface area contributed by atoms with E-state index in [1.54, 1.807) is 61.5 Å². The van der Waals surface area contributed by atoms with Gasteiger partial charge in [0.15, 0.2) is 5.78 Å². The summed E-state index contributed by atoms with van der Waals surface area (Å²) in [6, 6.07) is 25.0. The van der Waals surface area contributed by atoms with Crippen LogP contribution in [0.3, 0.4) is 0 Å². The van der Waals surface area contributed by atoms with E-state index < -0.39 is 0 Å². The van der Waals surface area contributed by atoms with Crippen molar-refractivity contribution in [1.29, 1.82) is 5.26 Å². The number of hydrogen-bond donors (Lipinski definition) is 1. The van der Waals surface area contributed by atoms with E-state index in [9.17, 15) is 9.59 Å². The zero-order valence-corrected chi connectivity index (χ0v) is 14.8. The number of carbonyl (C=O) groups excluding carboxylic acids is 2. The van der Waals surface area contributed by atoms with Crippen LogP contribution in [0.2, 0.25) is 0 Å². The number of nitrogens with zero attached hydrogens (tertiary/aromatic N) is 1. The summed E-state index contributed by atoms with van der Waals surface area (Å²) >= 11 is 0. The van der Waals surface area contributed by atoms with Crippen LogP contribution in [0.25, 0.3) is 0 Å². The van der Waals surface area contributed by atoms with E-state index in [1.807, 2.05) is 24.3 Å². The molecule has 0 fully saturated rings. The standard InChI is InChI=1S/C23H18N2O2/c1-16(15-24)18-9-5-11-20(13-18)23(27)25-21-12-6-10-19(14-21)22(26)17-7-3-2-4-8-17/h2-14,16H,1H3,(H,25,27). The van der Waals surface area contributed by atoms with E-state index in [-0.39, 0.29) is 17.6 Å². The van der Waals surface area contributed by atoms with Crippen LogP contribution in [-0.4, -0.2) is 11.7 Å². The normalized spacial score (nSPS) is 11.3. The fraction of sp³-hybridized carbons (Fsp3) is 0.0870. The minimum Gasteiger partial charge on any atom is -0.322 e. The Labute approximate surface area is 158 Å². The largest absolute Gasteiger partial charge is 0.322 e. The molecule has 0 bridgehead atoms. The smallest absolute Gasteiger partial charge is 0.255 e. The zero-order valence-electron chi connectivity index (χ0n) is 14.8. The molecule has 0 saturated carbocycles. The summed E-state index contributed by atoms with van der Waals surface area (Å²) in [7, 11) is 0. The number of amides is 1. The predicted molar refractivity (Wildman–Crippen MR) is 105 cm³/mol. The van der Waals surface area contributed by atoms with Crippen LogP contribution < -0.4 is 5.32 Å². The van der Waals surface area contributed by atoms with E-state index in [1.165, 1.54) is 0 Å². The number of hydrogen-bond acceptors (Lipinski definition) is 3. The number of anilines is 1. The van der Waals surface area contributed by atoms with Gasteiger partial charge in [0.1, 0.15) is 0 Å². The first kappa shape index (κ1) is 18.1. The molecule has 0 spiro atoms. The second-order valence-corrected chi connectivity index (χ2v) is 6.21. The summed E-state index contributed by atoms with van der Waals surface area (Å²) in [6.45, 7) is 1.79. The van der Waals surface area contributed by atoms with Crippen LogP contribution >= 0.6 is 0 Å². The Kier molecular flexibility index (Phi) is 5.44. The Hall–Kier alpha value is -3.71. The molecule has 3 rings (SSSR count). The summed E-state index contributed by atoms with van der Waals surface area (Å²) < 4.78 is 0. The van der Waals surface area contributed by atoms with Gasteiger partial charge in [-0.2, -0.15) is 5.26 Å². The van der Waals surface area contributed by atoms with Gasteiger partial charge in [-0.1, -0.05) is 54.6 Å². The quantitative estimate of drug-likeness (QED) is 0.669. The van der Waals surface area contributed by atoms with Crippen molar-refractivity contribution >= 4 is 17.4 Å². The van der Waals surface area contributed by atoms with Gasteiger partial charge >= 0.3 is 0 Å². The molecule has 0 radical (unpaired) electrons. The first-order valence-corrected chi connectivity index (χ1v) is 8.59. The van der Waals surface area contributed by atoms with E-state index in [0.717, 1.165) is 5.56 Å². The Morgan fingerprint density at radius 1 is 0.852 bits per heavy atom. The Morgan fingerprint density at radius 2 is 1.52 bits per heavy atom. The van der Waals surface area contributed by atoms with Gasteiger partial charge in [-0.15, -0.1) is 0 Å². The van der Waals surface area contributed by atoms with Gasteiger partial charge in [0.25, 0.3) is 5.91 Å². The number of benzene rings is 3. The summed E-state index contributed by atoms with van der Waals surface area (Å²) in [5.74, 6) is -0.674. The lowest BCUT2D eigenvalue weighted by molar-refractivity contribution is 0.102. The Balaban J connectivity index is 1.80. The van der Waals surface area contributed by atoms with Gasteiger partial charge in [0.2, 0.25) is 0 Å². The second kappa shape index (κ2) is 8.11. The average Bonchev–Trinajstić information content (AvgIpc) is 2.73. The minimum absolute atomic E-state index is 0.100. The van der Waals surface area contributed by atoms with Gasteiger partial charge < -0.3 is 5.32 Å². The highest BCUT2D eigenvalue weighted by molar-refractivity contribution is 6.10. The number of rotatable bonds is 5. The maximum atomic E-state index is 12.6. The predicted octanol–water partition coefficient (Wildman–Crippen LogP) is 4.80. The molecule has 0 aromatic heterocycles.